The Hall–Kier alpha value is -2.43. The van der Waals surface area contributed by atoms with Crippen LogP contribution in [0.5, 0.6) is 5.88 Å². The summed E-state index contributed by atoms with van der Waals surface area (Å²) in [6.45, 7) is 4.42. The van der Waals surface area contributed by atoms with E-state index in [9.17, 15) is 4.79 Å². The van der Waals surface area contributed by atoms with Crippen molar-refractivity contribution >= 4 is 11.6 Å². The fraction of sp³-hybridized carbons (Fsp3) is 0.389. The second-order valence-electron chi connectivity index (χ2n) is 6.22. The zero-order valence-electron chi connectivity index (χ0n) is 13.4. The van der Waals surface area contributed by atoms with Crippen molar-refractivity contribution in [3.05, 3.63) is 46.9 Å². The van der Waals surface area contributed by atoms with E-state index in [0.29, 0.717) is 18.8 Å². The van der Waals surface area contributed by atoms with Gasteiger partial charge in [0.1, 0.15) is 11.9 Å². The average molecular weight is 309 g/mol. The topological polar surface area (TPSA) is 55.3 Å². The Morgan fingerprint density at radius 3 is 2.91 bits per heavy atom. The predicted octanol–water partition coefficient (Wildman–Crippen LogP) is 2.38. The van der Waals surface area contributed by atoms with Crippen LogP contribution < -0.4 is 9.64 Å². The molecule has 0 radical (unpaired) electrons. The van der Waals surface area contributed by atoms with Gasteiger partial charge in [0.15, 0.2) is 0 Å². The highest BCUT2D eigenvalue weighted by Gasteiger charge is 2.32. The van der Waals surface area contributed by atoms with Crippen LogP contribution in [0.25, 0.3) is 0 Å². The Balaban J connectivity index is 1.58. The van der Waals surface area contributed by atoms with Gasteiger partial charge in [-0.15, -0.1) is 0 Å². The highest BCUT2D eigenvalue weighted by atomic mass is 16.5. The molecule has 1 amide bonds. The second-order valence-corrected chi connectivity index (χ2v) is 6.22. The monoisotopic (exact) mass is 309 g/mol. The number of benzene rings is 1. The maximum atomic E-state index is 12.4. The van der Waals surface area contributed by atoms with Crippen LogP contribution in [-0.2, 0) is 17.6 Å². The molecule has 3 heterocycles. The van der Waals surface area contributed by atoms with Gasteiger partial charge in [0, 0.05) is 29.8 Å². The minimum Gasteiger partial charge on any atom is -0.472 e. The SMILES string of the molecule is Cc1nc(C)c2c(n1)O[C@H](CN1C(=O)CCc3ccccc31)C2. The molecule has 1 aromatic heterocycles. The fourth-order valence-electron chi connectivity index (χ4n) is 3.47. The van der Waals surface area contributed by atoms with Crippen molar-refractivity contribution in [2.24, 2.45) is 0 Å². The number of amides is 1. The molecule has 118 valence electrons. The molecule has 2 aliphatic heterocycles. The Kier molecular flexibility index (Phi) is 3.29. The Morgan fingerprint density at radius 2 is 2.04 bits per heavy atom. The van der Waals surface area contributed by atoms with Crippen LogP contribution in [0.15, 0.2) is 24.3 Å². The van der Waals surface area contributed by atoms with Crippen LogP contribution in [0.3, 0.4) is 0 Å². The van der Waals surface area contributed by atoms with Crippen molar-refractivity contribution in [2.75, 3.05) is 11.4 Å². The number of carbonyl (C=O) groups excluding carboxylic acids is 1. The second kappa shape index (κ2) is 5.33. The van der Waals surface area contributed by atoms with E-state index in [1.807, 2.05) is 36.9 Å². The van der Waals surface area contributed by atoms with Crippen LogP contribution in [0.1, 0.15) is 29.1 Å². The summed E-state index contributed by atoms with van der Waals surface area (Å²) in [7, 11) is 0. The van der Waals surface area contributed by atoms with Gasteiger partial charge in [-0.1, -0.05) is 18.2 Å². The number of anilines is 1. The van der Waals surface area contributed by atoms with E-state index in [-0.39, 0.29) is 12.0 Å². The van der Waals surface area contributed by atoms with E-state index >= 15 is 0 Å². The molecule has 4 rings (SSSR count). The maximum Gasteiger partial charge on any atom is 0.227 e. The van der Waals surface area contributed by atoms with Gasteiger partial charge in [0.05, 0.1) is 6.54 Å². The molecule has 0 bridgehead atoms. The highest BCUT2D eigenvalue weighted by molar-refractivity contribution is 5.96. The van der Waals surface area contributed by atoms with E-state index in [4.69, 9.17) is 4.74 Å². The number of aromatic nitrogens is 2. The van der Waals surface area contributed by atoms with Crippen LogP contribution in [0.2, 0.25) is 0 Å². The molecular formula is C18H19N3O2. The predicted molar refractivity (Wildman–Crippen MR) is 86.7 cm³/mol. The summed E-state index contributed by atoms with van der Waals surface area (Å²) in [5.74, 6) is 1.57. The third-order valence-corrected chi connectivity index (χ3v) is 4.58. The van der Waals surface area contributed by atoms with Gasteiger partial charge >= 0.3 is 0 Å². The van der Waals surface area contributed by atoms with Crippen molar-refractivity contribution in [1.29, 1.82) is 0 Å². The molecule has 1 aromatic carbocycles. The Bertz CT molecular complexity index is 788. The summed E-state index contributed by atoms with van der Waals surface area (Å²) < 4.78 is 5.99. The lowest BCUT2D eigenvalue weighted by Crippen LogP contribution is -2.42. The summed E-state index contributed by atoms with van der Waals surface area (Å²) in [6.07, 6.45) is 2.08. The standard InChI is InChI=1S/C18H19N3O2/c1-11-15-9-14(23-18(15)20-12(2)19-11)10-21-16-6-4-3-5-13(16)7-8-17(21)22/h3-6,14H,7-10H2,1-2H3/t14-/m0/s1. The molecule has 23 heavy (non-hydrogen) atoms. The number of hydrogen-bond donors (Lipinski definition) is 0. The Labute approximate surface area is 135 Å². The van der Waals surface area contributed by atoms with Crippen LogP contribution >= 0.6 is 0 Å². The maximum absolute atomic E-state index is 12.4. The molecule has 2 aliphatic rings. The molecule has 0 saturated carbocycles. The van der Waals surface area contributed by atoms with Crippen molar-refractivity contribution in [1.82, 2.24) is 9.97 Å². The molecular weight excluding hydrogens is 290 g/mol. The number of carbonyl (C=O) groups is 1. The minimum absolute atomic E-state index is 0.0603. The van der Waals surface area contributed by atoms with E-state index in [1.165, 1.54) is 5.56 Å². The third kappa shape index (κ3) is 2.46. The van der Waals surface area contributed by atoms with Gasteiger partial charge < -0.3 is 9.64 Å². The average Bonchev–Trinajstić information content (AvgIpc) is 2.93. The zero-order valence-corrected chi connectivity index (χ0v) is 13.4. The van der Waals surface area contributed by atoms with E-state index in [0.717, 1.165) is 35.6 Å². The number of para-hydroxylation sites is 1. The summed E-state index contributed by atoms with van der Waals surface area (Å²) in [4.78, 5) is 23.0. The highest BCUT2D eigenvalue weighted by Crippen LogP contribution is 2.32. The van der Waals surface area contributed by atoms with E-state index < -0.39 is 0 Å². The van der Waals surface area contributed by atoms with Crippen LogP contribution in [0.4, 0.5) is 5.69 Å². The lowest BCUT2D eigenvalue weighted by atomic mass is 10.0. The minimum atomic E-state index is -0.0603. The van der Waals surface area contributed by atoms with Crippen LogP contribution in [-0.4, -0.2) is 28.5 Å². The summed E-state index contributed by atoms with van der Waals surface area (Å²) in [6, 6.07) is 8.12. The number of nitrogens with zero attached hydrogens (tertiary/aromatic N) is 3. The molecule has 0 aliphatic carbocycles. The lowest BCUT2D eigenvalue weighted by Gasteiger charge is -2.31. The van der Waals surface area contributed by atoms with E-state index in [2.05, 4.69) is 16.0 Å². The van der Waals surface area contributed by atoms with Gasteiger partial charge in [0.2, 0.25) is 11.8 Å². The first-order valence-corrected chi connectivity index (χ1v) is 8.01. The normalized spacial score (nSPS) is 19.3. The van der Waals surface area contributed by atoms with Gasteiger partial charge in [-0.25, -0.2) is 4.98 Å². The van der Waals surface area contributed by atoms with E-state index in [1.54, 1.807) is 0 Å². The first-order chi connectivity index (χ1) is 11.1. The number of ether oxygens (including phenoxy) is 1. The van der Waals surface area contributed by atoms with Crippen molar-refractivity contribution in [2.45, 2.75) is 39.2 Å². The zero-order chi connectivity index (χ0) is 16.0. The molecule has 5 nitrogen and oxygen atoms in total. The van der Waals surface area contributed by atoms with Crippen LogP contribution in [0, 0.1) is 13.8 Å². The molecule has 2 aromatic rings. The number of hydrogen-bond acceptors (Lipinski definition) is 4. The lowest BCUT2D eigenvalue weighted by molar-refractivity contribution is -0.119. The molecule has 0 N–H and O–H groups in total. The van der Waals surface area contributed by atoms with Crippen molar-refractivity contribution in [3.8, 4) is 5.88 Å². The van der Waals surface area contributed by atoms with Gasteiger partial charge in [0.25, 0.3) is 0 Å². The Morgan fingerprint density at radius 1 is 1.22 bits per heavy atom. The number of fused-ring (bicyclic) bond motifs is 2. The summed E-state index contributed by atoms with van der Waals surface area (Å²) in [5.41, 5.74) is 4.29. The quantitative estimate of drug-likeness (QED) is 0.854. The third-order valence-electron chi connectivity index (χ3n) is 4.58. The molecule has 0 fully saturated rings. The molecule has 0 saturated heterocycles. The van der Waals surface area contributed by atoms with Crippen molar-refractivity contribution in [3.63, 3.8) is 0 Å². The van der Waals surface area contributed by atoms with Gasteiger partial charge in [-0.2, -0.15) is 4.98 Å². The first-order valence-electron chi connectivity index (χ1n) is 8.01. The first kappa shape index (κ1) is 14.2. The van der Waals surface area contributed by atoms with Gasteiger partial charge in [-0.3, -0.25) is 4.79 Å². The van der Waals surface area contributed by atoms with Crippen molar-refractivity contribution < 1.29 is 9.53 Å². The molecule has 0 spiro atoms. The number of aryl methyl sites for hydroxylation is 3. The number of rotatable bonds is 2. The largest absolute Gasteiger partial charge is 0.472 e. The fourth-order valence-corrected chi connectivity index (χ4v) is 3.47. The molecule has 1 atom stereocenters. The molecule has 0 unspecified atom stereocenters. The summed E-state index contributed by atoms with van der Waals surface area (Å²) >= 11 is 0. The summed E-state index contributed by atoms with van der Waals surface area (Å²) in [5, 5.41) is 0. The van der Waals surface area contributed by atoms with Gasteiger partial charge in [-0.05, 0) is 31.9 Å². The smallest absolute Gasteiger partial charge is 0.227 e. The molecule has 5 heteroatoms.